The summed E-state index contributed by atoms with van der Waals surface area (Å²) in [5.74, 6) is 5.91. The molecule has 0 N–H and O–H groups in total. The molecule has 0 amide bonds. The highest BCUT2D eigenvalue weighted by molar-refractivity contribution is 5.30. The minimum atomic E-state index is 0.884. The molecular weight excluding hydrogens is 122 g/mol. The first-order valence-electron chi connectivity index (χ1n) is 3.23. The number of hydrogen-bond acceptors (Lipinski definition) is 1. The van der Waals surface area contributed by atoms with E-state index in [0.717, 1.165) is 12.0 Å². The highest BCUT2D eigenvalue weighted by Gasteiger charge is 1.80. The van der Waals surface area contributed by atoms with Crippen LogP contribution in [0.25, 0.3) is 0 Å². The first-order valence-corrected chi connectivity index (χ1v) is 3.23. The minimum absolute atomic E-state index is 0.884. The Labute approximate surface area is 61.1 Å². The average Bonchev–Trinajstić information content (AvgIpc) is 2.03. The van der Waals surface area contributed by atoms with Crippen molar-refractivity contribution in [3.63, 3.8) is 0 Å². The summed E-state index contributed by atoms with van der Waals surface area (Å²) in [5.41, 5.74) is 0.935. The Morgan fingerprint density at radius 1 is 1.70 bits per heavy atom. The van der Waals surface area contributed by atoms with Crippen LogP contribution in [0.5, 0.6) is 0 Å². The molecule has 1 rings (SSSR count). The Hall–Kier alpha value is -1.29. The summed E-state index contributed by atoms with van der Waals surface area (Å²) < 4.78 is 0. The predicted molar refractivity (Wildman–Crippen MR) is 40.2 cm³/mol. The van der Waals surface area contributed by atoms with Gasteiger partial charge in [0.25, 0.3) is 0 Å². The molecule has 0 spiro atoms. The molecule has 1 aromatic heterocycles. The lowest BCUT2D eigenvalue weighted by atomic mass is 10.3. The SMILES string of the molecule is CCC#Cc1c[c]cnc1. The van der Waals surface area contributed by atoms with E-state index >= 15 is 0 Å². The number of aromatic nitrogens is 1. The van der Waals surface area contributed by atoms with Crippen LogP contribution in [-0.2, 0) is 0 Å². The average molecular weight is 130 g/mol. The van der Waals surface area contributed by atoms with E-state index in [1.807, 2.05) is 13.0 Å². The third-order valence-electron chi connectivity index (χ3n) is 1.01. The van der Waals surface area contributed by atoms with Gasteiger partial charge >= 0.3 is 0 Å². The van der Waals surface area contributed by atoms with Gasteiger partial charge in [-0.15, -0.1) is 0 Å². The molecule has 0 saturated carbocycles. The quantitative estimate of drug-likeness (QED) is 0.486. The fourth-order valence-corrected chi connectivity index (χ4v) is 0.584. The van der Waals surface area contributed by atoms with Gasteiger partial charge in [0.05, 0.1) is 0 Å². The summed E-state index contributed by atoms with van der Waals surface area (Å²) in [6.07, 6.45) is 4.24. The van der Waals surface area contributed by atoms with Crippen LogP contribution in [0.3, 0.4) is 0 Å². The lowest BCUT2D eigenvalue weighted by Gasteiger charge is -1.83. The summed E-state index contributed by atoms with van der Waals surface area (Å²) in [4.78, 5) is 3.88. The Bertz CT molecular complexity index is 240. The van der Waals surface area contributed by atoms with Crippen molar-refractivity contribution in [3.05, 3.63) is 30.1 Å². The fraction of sp³-hybridized carbons (Fsp3) is 0.222. The molecule has 1 nitrogen and oxygen atoms in total. The molecule has 1 radical (unpaired) electrons. The summed E-state index contributed by atoms with van der Waals surface area (Å²) in [5, 5.41) is 0. The van der Waals surface area contributed by atoms with Gasteiger partial charge in [-0.25, -0.2) is 0 Å². The molecule has 0 aliphatic carbocycles. The van der Waals surface area contributed by atoms with E-state index in [2.05, 4.69) is 22.9 Å². The number of hydrogen-bond donors (Lipinski definition) is 0. The van der Waals surface area contributed by atoms with Crippen molar-refractivity contribution in [1.82, 2.24) is 4.98 Å². The van der Waals surface area contributed by atoms with Gasteiger partial charge in [0.1, 0.15) is 0 Å². The largest absolute Gasteiger partial charge is 0.263 e. The van der Waals surface area contributed by atoms with Crippen molar-refractivity contribution >= 4 is 0 Å². The summed E-state index contributed by atoms with van der Waals surface area (Å²) in [7, 11) is 0. The van der Waals surface area contributed by atoms with Crippen molar-refractivity contribution in [2.45, 2.75) is 13.3 Å². The van der Waals surface area contributed by atoms with E-state index in [4.69, 9.17) is 0 Å². The second-order valence-corrected chi connectivity index (χ2v) is 1.83. The zero-order valence-electron chi connectivity index (χ0n) is 5.89. The van der Waals surface area contributed by atoms with E-state index in [0.29, 0.717) is 0 Å². The van der Waals surface area contributed by atoms with Crippen molar-refractivity contribution in [2.75, 3.05) is 0 Å². The van der Waals surface area contributed by atoms with Gasteiger partial charge in [-0.1, -0.05) is 18.8 Å². The molecule has 0 bridgehead atoms. The molecule has 10 heavy (non-hydrogen) atoms. The zero-order valence-corrected chi connectivity index (χ0v) is 5.89. The Balaban J connectivity index is 2.76. The van der Waals surface area contributed by atoms with Crippen molar-refractivity contribution in [2.24, 2.45) is 0 Å². The van der Waals surface area contributed by atoms with Gasteiger partial charge in [0.15, 0.2) is 0 Å². The van der Waals surface area contributed by atoms with Gasteiger partial charge in [0, 0.05) is 30.4 Å². The van der Waals surface area contributed by atoms with E-state index in [1.165, 1.54) is 0 Å². The van der Waals surface area contributed by atoms with Crippen LogP contribution in [-0.4, -0.2) is 4.98 Å². The standard InChI is InChI=1S/C9H8N/c1-2-3-5-9-6-4-7-10-8-9/h6-8H,2H2,1H3. The lowest BCUT2D eigenvalue weighted by molar-refractivity contribution is 1.27. The topological polar surface area (TPSA) is 12.9 Å². The van der Waals surface area contributed by atoms with Crippen LogP contribution in [0.1, 0.15) is 18.9 Å². The molecule has 1 heterocycles. The second-order valence-electron chi connectivity index (χ2n) is 1.83. The first kappa shape index (κ1) is 6.82. The molecule has 1 aromatic rings. The molecule has 1 heteroatoms. The maximum Gasteiger partial charge on any atom is 0.0434 e. The Morgan fingerprint density at radius 2 is 2.60 bits per heavy atom. The van der Waals surface area contributed by atoms with E-state index in [1.54, 1.807) is 12.4 Å². The molecule has 49 valence electrons. The minimum Gasteiger partial charge on any atom is -0.263 e. The Kier molecular flexibility index (Phi) is 2.51. The molecule has 0 atom stereocenters. The van der Waals surface area contributed by atoms with Crippen LogP contribution in [0, 0.1) is 17.9 Å². The first-order chi connectivity index (χ1) is 4.93. The van der Waals surface area contributed by atoms with Crippen LogP contribution in [0.15, 0.2) is 18.5 Å². The normalized spacial score (nSPS) is 8.10. The van der Waals surface area contributed by atoms with Gasteiger partial charge in [0.2, 0.25) is 0 Å². The molecule has 0 fully saturated rings. The third kappa shape index (κ3) is 1.91. The van der Waals surface area contributed by atoms with Crippen molar-refractivity contribution in [3.8, 4) is 11.8 Å². The fourth-order valence-electron chi connectivity index (χ4n) is 0.584. The van der Waals surface area contributed by atoms with Crippen molar-refractivity contribution in [1.29, 1.82) is 0 Å². The van der Waals surface area contributed by atoms with Crippen LogP contribution in [0.4, 0.5) is 0 Å². The van der Waals surface area contributed by atoms with Crippen LogP contribution in [0.2, 0.25) is 0 Å². The van der Waals surface area contributed by atoms with E-state index in [9.17, 15) is 0 Å². The molecule has 0 saturated heterocycles. The van der Waals surface area contributed by atoms with Crippen LogP contribution >= 0.6 is 0 Å². The maximum absolute atomic E-state index is 3.88. The van der Waals surface area contributed by atoms with Crippen LogP contribution < -0.4 is 0 Å². The summed E-state index contributed by atoms with van der Waals surface area (Å²) in [6.45, 7) is 2.02. The summed E-state index contributed by atoms with van der Waals surface area (Å²) in [6, 6.07) is 4.69. The summed E-state index contributed by atoms with van der Waals surface area (Å²) >= 11 is 0. The number of pyridine rings is 1. The van der Waals surface area contributed by atoms with Gasteiger partial charge in [-0.05, 0) is 6.07 Å². The molecule has 0 aliphatic heterocycles. The van der Waals surface area contributed by atoms with Gasteiger partial charge in [-0.2, -0.15) is 0 Å². The van der Waals surface area contributed by atoms with Crippen molar-refractivity contribution < 1.29 is 0 Å². The maximum atomic E-state index is 3.88. The molecule has 0 unspecified atom stereocenters. The second kappa shape index (κ2) is 3.68. The Morgan fingerprint density at radius 3 is 3.20 bits per heavy atom. The third-order valence-corrected chi connectivity index (χ3v) is 1.01. The molecular formula is C9H8N. The number of rotatable bonds is 0. The van der Waals surface area contributed by atoms with Gasteiger partial charge in [-0.3, -0.25) is 4.98 Å². The highest BCUT2D eigenvalue weighted by atomic mass is 14.6. The predicted octanol–water partition coefficient (Wildman–Crippen LogP) is 1.64. The smallest absolute Gasteiger partial charge is 0.0434 e. The molecule has 0 aromatic carbocycles. The number of nitrogens with zero attached hydrogens (tertiary/aromatic N) is 1. The van der Waals surface area contributed by atoms with Gasteiger partial charge < -0.3 is 0 Å². The highest BCUT2D eigenvalue weighted by Crippen LogP contribution is 1.90. The van der Waals surface area contributed by atoms with E-state index < -0.39 is 0 Å². The zero-order chi connectivity index (χ0) is 7.23. The monoisotopic (exact) mass is 130 g/mol. The van der Waals surface area contributed by atoms with E-state index in [-0.39, 0.29) is 0 Å². The lowest BCUT2D eigenvalue weighted by Crippen LogP contribution is -1.74. The molecule has 0 aliphatic rings.